The fourth-order valence-corrected chi connectivity index (χ4v) is 3.57. The summed E-state index contributed by atoms with van der Waals surface area (Å²) in [5.74, 6) is -1.91. The predicted molar refractivity (Wildman–Crippen MR) is 110 cm³/mol. The molecule has 1 saturated heterocycles. The minimum Gasteiger partial charge on any atom is -0.456 e. The number of ether oxygens (including phenoxy) is 2. The smallest absolute Gasteiger partial charge is 0.414 e. The highest BCUT2D eigenvalue weighted by Crippen LogP contribution is 2.30. The maximum atomic E-state index is 14.8. The lowest BCUT2D eigenvalue weighted by Gasteiger charge is -2.14. The van der Waals surface area contributed by atoms with Gasteiger partial charge in [-0.3, -0.25) is 19.3 Å². The quantitative estimate of drug-likeness (QED) is 0.550. The standard InChI is InChI=1S/C19H20FN5O6S/c1-10(26)21-6-13-8-25(19(29)31-13)12-3-4-14(15(20)5-12)18-24-23-17(32-18)7-22-16(28)9-30-11(2)27/h3-5,13H,6-9H2,1-2H3,(H,21,26)(H,22,28)/t13-/m0/s1. The van der Waals surface area contributed by atoms with Gasteiger partial charge in [-0.1, -0.05) is 11.3 Å². The van der Waals surface area contributed by atoms with E-state index in [4.69, 9.17) is 4.74 Å². The lowest BCUT2D eigenvalue weighted by atomic mass is 10.2. The van der Waals surface area contributed by atoms with Crippen LogP contribution in [-0.4, -0.2) is 59.9 Å². The highest BCUT2D eigenvalue weighted by atomic mass is 32.1. The Labute approximate surface area is 185 Å². The molecule has 11 nitrogen and oxygen atoms in total. The van der Waals surface area contributed by atoms with Crippen molar-refractivity contribution >= 4 is 40.9 Å². The molecule has 0 spiro atoms. The number of nitrogens with one attached hydrogen (secondary N) is 2. The summed E-state index contributed by atoms with van der Waals surface area (Å²) < 4.78 is 24.5. The van der Waals surface area contributed by atoms with E-state index in [9.17, 15) is 23.6 Å². The van der Waals surface area contributed by atoms with Crippen LogP contribution in [0.4, 0.5) is 14.9 Å². The summed E-state index contributed by atoms with van der Waals surface area (Å²) in [6, 6.07) is 4.23. The van der Waals surface area contributed by atoms with Gasteiger partial charge in [0.2, 0.25) is 5.91 Å². The SMILES string of the molecule is CC(=O)NC[C@H]1CN(c2ccc(-c3nnc(CNC(=O)COC(C)=O)s3)c(F)c2)C(=O)O1. The number of halogens is 1. The number of nitrogens with zero attached hydrogens (tertiary/aromatic N) is 3. The van der Waals surface area contributed by atoms with E-state index in [0.29, 0.717) is 15.7 Å². The fourth-order valence-electron chi connectivity index (χ4n) is 2.77. The molecule has 1 atom stereocenters. The maximum Gasteiger partial charge on any atom is 0.414 e. The Bertz CT molecular complexity index is 1040. The number of esters is 1. The third-order valence-corrected chi connectivity index (χ3v) is 5.21. The molecular weight excluding hydrogens is 445 g/mol. The Kier molecular flexibility index (Phi) is 7.30. The van der Waals surface area contributed by atoms with Crippen molar-refractivity contribution in [3.63, 3.8) is 0 Å². The summed E-state index contributed by atoms with van der Waals surface area (Å²) in [5.41, 5.74) is 0.496. The first kappa shape index (κ1) is 23.1. The van der Waals surface area contributed by atoms with E-state index in [0.717, 1.165) is 11.3 Å². The molecule has 1 fully saturated rings. The van der Waals surface area contributed by atoms with Gasteiger partial charge in [0, 0.05) is 19.4 Å². The van der Waals surface area contributed by atoms with Crippen LogP contribution in [0.2, 0.25) is 0 Å². The van der Waals surface area contributed by atoms with Crippen molar-refractivity contribution in [2.24, 2.45) is 0 Å². The van der Waals surface area contributed by atoms with Crippen LogP contribution >= 0.6 is 11.3 Å². The van der Waals surface area contributed by atoms with E-state index < -0.39 is 36.5 Å². The second-order valence-corrected chi connectivity index (χ2v) is 7.84. The predicted octanol–water partition coefficient (Wildman–Crippen LogP) is 0.985. The van der Waals surface area contributed by atoms with Crippen LogP contribution < -0.4 is 15.5 Å². The van der Waals surface area contributed by atoms with Crippen LogP contribution in [0.1, 0.15) is 18.9 Å². The van der Waals surface area contributed by atoms with Gasteiger partial charge in [0.1, 0.15) is 16.9 Å². The second-order valence-electron chi connectivity index (χ2n) is 6.78. The Morgan fingerprint density at radius 1 is 1.28 bits per heavy atom. The van der Waals surface area contributed by atoms with Crippen molar-refractivity contribution in [3.05, 3.63) is 29.0 Å². The van der Waals surface area contributed by atoms with Gasteiger partial charge in [-0.25, -0.2) is 9.18 Å². The van der Waals surface area contributed by atoms with Gasteiger partial charge in [0.15, 0.2) is 11.6 Å². The lowest BCUT2D eigenvalue weighted by molar-refractivity contribution is -0.146. The first-order chi connectivity index (χ1) is 15.2. The first-order valence-corrected chi connectivity index (χ1v) is 10.3. The van der Waals surface area contributed by atoms with Crippen molar-refractivity contribution in [2.75, 3.05) is 24.6 Å². The Balaban J connectivity index is 1.62. The Morgan fingerprint density at radius 3 is 2.75 bits per heavy atom. The number of hydrogen-bond acceptors (Lipinski definition) is 9. The molecule has 0 aliphatic carbocycles. The average Bonchev–Trinajstić information content (AvgIpc) is 3.35. The van der Waals surface area contributed by atoms with E-state index in [1.54, 1.807) is 6.07 Å². The molecule has 0 unspecified atom stereocenters. The Hall–Kier alpha value is -3.61. The molecule has 2 N–H and O–H groups in total. The average molecular weight is 465 g/mol. The third-order valence-electron chi connectivity index (χ3n) is 4.26. The van der Waals surface area contributed by atoms with E-state index in [1.807, 2.05) is 0 Å². The van der Waals surface area contributed by atoms with Gasteiger partial charge in [-0.2, -0.15) is 0 Å². The molecular formula is C19H20FN5O6S. The van der Waals surface area contributed by atoms with E-state index in [2.05, 4.69) is 25.6 Å². The minimum atomic E-state index is -0.629. The van der Waals surface area contributed by atoms with Crippen molar-refractivity contribution < 1.29 is 33.0 Å². The lowest BCUT2D eigenvalue weighted by Crippen LogP contribution is -2.33. The maximum absolute atomic E-state index is 14.8. The number of carbonyl (C=O) groups is 4. The molecule has 13 heteroatoms. The largest absolute Gasteiger partial charge is 0.456 e. The second kappa shape index (κ2) is 10.1. The normalized spacial score (nSPS) is 15.3. The molecule has 1 aliphatic heterocycles. The van der Waals surface area contributed by atoms with Gasteiger partial charge < -0.3 is 20.1 Å². The molecule has 0 bridgehead atoms. The molecule has 2 heterocycles. The number of rotatable bonds is 8. The first-order valence-electron chi connectivity index (χ1n) is 9.48. The molecule has 32 heavy (non-hydrogen) atoms. The summed E-state index contributed by atoms with van der Waals surface area (Å²) in [6.45, 7) is 2.55. The van der Waals surface area contributed by atoms with Crippen molar-refractivity contribution in [1.29, 1.82) is 0 Å². The van der Waals surface area contributed by atoms with Gasteiger partial charge in [-0.15, -0.1) is 10.2 Å². The molecule has 1 aromatic heterocycles. The summed E-state index contributed by atoms with van der Waals surface area (Å²) >= 11 is 1.08. The van der Waals surface area contributed by atoms with Crippen LogP contribution in [0.25, 0.3) is 10.6 Å². The zero-order chi connectivity index (χ0) is 23.3. The molecule has 0 saturated carbocycles. The molecule has 1 aliphatic rings. The third kappa shape index (κ3) is 5.97. The summed E-state index contributed by atoms with van der Waals surface area (Å²) in [7, 11) is 0. The summed E-state index contributed by atoms with van der Waals surface area (Å²) in [4.78, 5) is 46.7. The van der Waals surface area contributed by atoms with E-state index >= 15 is 0 Å². The zero-order valence-electron chi connectivity index (χ0n) is 17.2. The number of carbonyl (C=O) groups excluding carboxylic acids is 4. The minimum absolute atomic E-state index is 0.0484. The topological polar surface area (TPSA) is 140 Å². The van der Waals surface area contributed by atoms with Crippen molar-refractivity contribution in [2.45, 2.75) is 26.5 Å². The zero-order valence-corrected chi connectivity index (χ0v) is 18.0. The molecule has 2 aromatic rings. The van der Waals surface area contributed by atoms with Crippen LogP contribution in [0.15, 0.2) is 18.2 Å². The molecule has 3 rings (SSSR count). The number of anilines is 1. The monoisotopic (exact) mass is 465 g/mol. The molecule has 0 radical (unpaired) electrons. The van der Waals surface area contributed by atoms with Crippen LogP contribution in [0, 0.1) is 5.82 Å². The number of cyclic esters (lactones) is 1. The number of hydrogen-bond donors (Lipinski definition) is 2. The van der Waals surface area contributed by atoms with E-state index in [1.165, 1.54) is 30.9 Å². The van der Waals surface area contributed by atoms with Crippen molar-refractivity contribution in [1.82, 2.24) is 20.8 Å². The van der Waals surface area contributed by atoms with Gasteiger partial charge in [0.05, 0.1) is 25.3 Å². The number of benzene rings is 1. The van der Waals surface area contributed by atoms with Gasteiger partial charge in [-0.05, 0) is 18.2 Å². The fraction of sp³-hybridized carbons (Fsp3) is 0.368. The summed E-state index contributed by atoms with van der Waals surface area (Å²) in [5, 5.41) is 13.7. The van der Waals surface area contributed by atoms with Gasteiger partial charge >= 0.3 is 12.1 Å². The molecule has 170 valence electrons. The van der Waals surface area contributed by atoms with Crippen LogP contribution in [0.3, 0.4) is 0 Å². The highest BCUT2D eigenvalue weighted by molar-refractivity contribution is 7.14. The molecule has 3 amide bonds. The van der Waals surface area contributed by atoms with Crippen LogP contribution in [0.5, 0.6) is 0 Å². The molecule has 1 aromatic carbocycles. The number of amides is 3. The van der Waals surface area contributed by atoms with Gasteiger partial charge in [0.25, 0.3) is 5.91 Å². The number of aromatic nitrogens is 2. The summed E-state index contributed by atoms with van der Waals surface area (Å²) in [6.07, 6.45) is -1.16. The van der Waals surface area contributed by atoms with Crippen molar-refractivity contribution in [3.8, 4) is 10.6 Å². The van der Waals surface area contributed by atoms with E-state index in [-0.39, 0.29) is 31.1 Å². The van der Waals surface area contributed by atoms with Crippen LogP contribution in [-0.2, 0) is 30.4 Å². The highest BCUT2D eigenvalue weighted by Gasteiger charge is 2.32. The Morgan fingerprint density at radius 2 is 2.06 bits per heavy atom.